The molecule has 0 aliphatic rings. The lowest BCUT2D eigenvalue weighted by Crippen LogP contribution is -2.45. The summed E-state index contributed by atoms with van der Waals surface area (Å²) >= 11 is 5.79. The van der Waals surface area contributed by atoms with Gasteiger partial charge in [0.1, 0.15) is 7.11 Å². The van der Waals surface area contributed by atoms with Crippen LogP contribution in [0.4, 0.5) is 17.6 Å². The molecular formula is C13H9ClF4N4O3. The van der Waals surface area contributed by atoms with Gasteiger partial charge in [0.25, 0.3) is 5.56 Å². The van der Waals surface area contributed by atoms with Crippen LogP contribution in [-0.2, 0) is 11.0 Å². The second-order valence-corrected chi connectivity index (χ2v) is 4.97. The number of nitrogen functional groups attached to an aromatic ring is 1. The first kappa shape index (κ1) is 18.5. The average molecular weight is 381 g/mol. The summed E-state index contributed by atoms with van der Waals surface area (Å²) in [4.78, 5) is 28.4. The van der Waals surface area contributed by atoms with Crippen molar-refractivity contribution in [3.63, 3.8) is 0 Å². The number of benzene rings is 1. The number of hydrogen-bond acceptors (Lipinski definition) is 5. The highest BCUT2D eigenvalue weighted by Gasteiger charge is 2.36. The fourth-order valence-corrected chi connectivity index (χ4v) is 2.15. The summed E-state index contributed by atoms with van der Waals surface area (Å²) in [5.41, 5.74) is -5.67. The first-order valence-electron chi connectivity index (χ1n) is 6.36. The zero-order valence-corrected chi connectivity index (χ0v) is 13.1. The second kappa shape index (κ2) is 6.59. The molecule has 0 bridgehead atoms. The molecule has 134 valence electrons. The van der Waals surface area contributed by atoms with Gasteiger partial charge in [0.15, 0.2) is 11.5 Å². The van der Waals surface area contributed by atoms with Crippen LogP contribution >= 0.6 is 11.6 Å². The van der Waals surface area contributed by atoms with E-state index in [0.29, 0.717) is 0 Å². The first-order valence-corrected chi connectivity index (χ1v) is 6.73. The molecule has 0 aliphatic carbocycles. The van der Waals surface area contributed by atoms with Gasteiger partial charge in [-0.05, 0) is 12.1 Å². The van der Waals surface area contributed by atoms with Gasteiger partial charge < -0.3 is 10.7 Å². The molecule has 2 rings (SSSR count). The fraction of sp³-hybridized carbons (Fsp3) is 0.154. The van der Waals surface area contributed by atoms with E-state index in [1.807, 2.05) is 0 Å². The standard InChI is InChI=1S/C13H9ClF4N4O3/c1-25-20-5-6-7(14)2-3-8(11(6)15)21-10(23)4-9(13(16,17)18)22(19)12(21)24/h2-5H,19H2,1H3. The zero-order chi connectivity index (χ0) is 18.9. The van der Waals surface area contributed by atoms with E-state index in [0.717, 1.165) is 18.3 Å². The molecule has 0 saturated carbocycles. The Labute approximate surface area is 141 Å². The molecule has 0 atom stereocenters. The van der Waals surface area contributed by atoms with Gasteiger partial charge >= 0.3 is 11.9 Å². The zero-order valence-electron chi connectivity index (χ0n) is 12.3. The Morgan fingerprint density at radius 1 is 1.32 bits per heavy atom. The Morgan fingerprint density at radius 3 is 2.52 bits per heavy atom. The third kappa shape index (κ3) is 3.36. The molecule has 0 spiro atoms. The number of aromatic nitrogens is 2. The van der Waals surface area contributed by atoms with Gasteiger partial charge in [-0.25, -0.2) is 18.4 Å². The third-order valence-electron chi connectivity index (χ3n) is 3.06. The van der Waals surface area contributed by atoms with Crippen molar-refractivity contribution in [3.8, 4) is 5.69 Å². The van der Waals surface area contributed by atoms with Gasteiger partial charge in [0.2, 0.25) is 0 Å². The monoisotopic (exact) mass is 380 g/mol. The predicted octanol–water partition coefficient (Wildman–Crippen LogP) is 1.50. The molecule has 0 saturated heterocycles. The van der Waals surface area contributed by atoms with E-state index in [1.54, 1.807) is 0 Å². The number of hydrogen-bond donors (Lipinski definition) is 1. The normalized spacial score (nSPS) is 11.9. The molecule has 12 heteroatoms. The molecule has 2 N–H and O–H groups in total. The maximum Gasteiger partial charge on any atom is 0.433 e. The highest BCUT2D eigenvalue weighted by molar-refractivity contribution is 6.33. The molecule has 1 aromatic carbocycles. The molecule has 0 fully saturated rings. The molecule has 1 heterocycles. The summed E-state index contributed by atoms with van der Waals surface area (Å²) in [5.74, 6) is 3.93. The summed E-state index contributed by atoms with van der Waals surface area (Å²) in [5, 5.41) is 3.18. The van der Waals surface area contributed by atoms with Crippen LogP contribution in [-0.4, -0.2) is 22.6 Å². The van der Waals surface area contributed by atoms with Crippen LogP contribution in [0.2, 0.25) is 5.02 Å². The van der Waals surface area contributed by atoms with E-state index in [4.69, 9.17) is 17.4 Å². The van der Waals surface area contributed by atoms with Gasteiger partial charge in [-0.3, -0.25) is 4.79 Å². The SMILES string of the molecule is CON=Cc1c(Cl)ccc(-n2c(=O)cc(C(F)(F)F)n(N)c2=O)c1F. The highest BCUT2D eigenvalue weighted by Crippen LogP contribution is 2.27. The lowest BCUT2D eigenvalue weighted by atomic mass is 10.2. The van der Waals surface area contributed by atoms with E-state index < -0.39 is 34.6 Å². The van der Waals surface area contributed by atoms with E-state index >= 15 is 0 Å². The Bertz CT molecular complexity index is 965. The fourth-order valence-electron chi connectivity index (χ4n) is 1.95. The Kier molecular flexibility index (Phi) is 4.88. The number of halogens is 5. The molecule has 25 heavy (non-hydrogen) atoms. The van der Waals surface area contributed by atoms with Crippen molar-refractivity contribution in [1.82, 2.24) is 9.24 Å². The number of nitrogens with zero attached hydrogens (tertiary/aromatic N) is 3. The van der Waals surface area contributed by atoms with Gasteiger partial charge in [-0.2, -0.15) is 13.2 Å². The van der Waals surface area contributed by atoms with Gasteiger partial charge in [0.05, 0.1) is 22.5 Å². The molecule has 0 unspecified atom stereocenters. The number of rotatable bonds is 3. The maximum atomic E-state index is 14.6. The van der Waals surface area contributed by atoms with Crippen molar-refractivity contribution in [3.05, 3.63) is 61.1 Å². The molecule has 1 aromatic heterocycles. The predicted molar refractivity (Wildman–Crippen MR) is 81.0 cm³/mol. The summed E-state index contributed by atoms with van der Waals surface area (Å²) < 4.78 is 52.7. The lowest BCUT2D eigenvalue weighted by Gasteiger charge is -2.14. The minimum atomic E-state index is -5.04. The molecule has 7 nitrogen and oxygen atoms in total. The number of nitrogens with two attached hydrogens (primary N) is 1. The Morgan fingerprint density at radius 2 is 1.96 bits per heavy atom. The van der Waals surface area contributed by atoms with Crippen molar-refractivity contribution in [1.29, 1.82) is 0 Å². The van der Waals surface area contributed by atoms with Crippen LogP contribution in [0.5, 0.6) is 0 Å². The van der Waals surface area contributed by atoms with E-state index in [1.165, 1.54) is 7.11 Å². The summed E-state index contributed by atoms with van der Waals surface area (Å²) in [7, 11) is 1.18. The van der Waals surface area contributed by atoms with Crippen molar-refractivity contribution in [2.75, 3.05) is 13.0 Å². The Hall–Kier alpha value is -2.82. The molecule has 0 amide bonds. The minimum absolute atomic E-state index is 0.0817. The van der Waals surface area contributed by atoms with Gasteiger partial charge in [-0.15, -0.1) is 0 Å². The first-order chi connectivity index (χ1) is 11.6. The Balaban J connectivity index is 2.81. The van der Waals surface area contributed by atoms with Crippen LogP contribution in [0, 0.1) is 5.82 Å². The lowest BCUT2D eigenvalue weighted by molar-refractivity contribution is -0.143. The molecule has 2 aromatic rings. The summed E-state index contributed by atoms with van der Waals surface area (Å²) in [6.07, 6.45) is -4.17. The summed E-state index contributed by atoms with van der Waals surface area (Å²) in [6.45, 7) is 0. The molecule has 0 radical (unpaired) electrons. The van der Waals surface area contributed by atoms with E-state index in [9.17, 15) is 27.2 Å². The average Bonchev–Trinajstić information content (AvgIpc) is 2.52. The van der Waals surface area contributed by atoms with Crippen molar-refractivity contribution < 1.29 is 22.4 Å². The topological polar surface area (TPSA) is 91.6 Å². The smallest absolute Gasteiger partial charge is 0.399 e. The number of alkyl halides is 3. The van der Waals surface area contributed by atoms with Crippen LogP contribution < -0.4 is 17.1 Å². The van der Waals surface area contributed by atoms with Crippen molar-refractivity contribution in [2.45, 2.75) is 6.18 Å². The quantitative estimate of drug-likeness (QED) is 0.378. The number of oxime groups is 1. The maximum absolute atomic E-state index is 14.6. The summed E-state index contributed by atoms with van der Waals surface area (Å²) in [6, 6.07) is 2.15. The largest absolute Gasteiger partial charge is 0.433 e. The molecule has 0 aliphatic heterocycles. The second-order valence-electron chi connectivity index (χ2n) is 4.56. The van der Waals surface area contributed by atoms with Gasteiger partial charge in [-0.1, -0.05) is 16.8 Å². The van der Waals surface area contributed by atoms with Crippen LogP contribution in [0.1, 0.15) is 11.3 Å². The highest BCUT2D eigenvalue weighted by atomic mass is 35.5. The minimum Gasteiger partial charge on any atom is -0.399 e. The van der Waals surface area contributed by atoms with E-state index in [-0.39, 0.29) is 25.9 Å². The van der Waals surface area contributed by atoms with Crippen molar-refractivity contribution >= 4 is 17.8 Å². The van der Waals surface area contributed by atoms with Crippen LogP contribution in [0.15, 0.2) is 32.9 Å². The van der Waals surface area contributed by atoms with E-state index in [2.05, 4.69) is 9.99 Å². The molecular weight excluding hydrogens is 372 g/mol. The third-order valence-corrected chi connectivity index (χ3v) is 3.39. The van der Waals surface area contributed by atoms with Crippen molar-refractivity contribution in [2.24, 2.45) is 5.16 Å². The van der Waals surface area contributed by atoms with Crippen LogP contribution in [0.3, 0.4) is 0 Å². The van der Waals surface area contributed by atoms with Crippen LogP contribution in [0.25, 0.3) is 5.69 Å². The van der Waals surface area contributed by atoms with Gasteiger partial charge in [0, 0.05) is 6.07 Å².